The number of anilines is 1. The molecular weight excluding hydrogens is 378 g/mol. The second kappa shape index (κ2) is 10.0. The fraction of sp³-hybridized carbons (Fsp3) is 0.650. The number of carbonyl (C=O) groups excluding carboxylic acids is 3. The molecule has 7 nitrogen and oxygen atoms in total. The second-order valence-corrected chi connectivity index (χ2v) is 8.96. The monoisotopic (exact) mass is 410 g/mol. The molecule has 2 rings (SSSR count). The van der Waals surface area contributed by atoms with E-state index in [0.29, 0.717) is 23.1 Å². The summed E-state index contributed by atoms with van der Waals surface area (Å²) in [6.07, 6.45) is 2.78. The molecule has 1 aromatic heterocycles. The summed E-state index contributed by atoms with van der Waals surface area (Å²) in [7, 11) is 1.80. The minimum atomic E-state index is -0.373. The van der Waals surface area contributed by atoms with Gasteiger partial charge in [-0.25, -0.2) is 4.79 Å². The van der Waals surface area contributed by atoms with Gasteiger partial charge in [-0.1, -0.05) is 6.92 Å². The number of thiophene rings is 1. The van der Waals surface area contributed by atoms with Gasteiger partial charge in [0.25, 0.3) is 11.8 Å². The third-order valence-electron chi connectivity index (χ3n) is 4.62. The maximum atomic E-state index is 12.5. The highest BCUT2D eigenvalue weighted by Crippen LogP contribution is 2.40. The van der Waals surface area contributed by atoms with E-state index in [1.807, 2.05) is 13.8 Å². The standard InChI is InChI=1S/C20H31N3O4S/c1-6-27-20(26)18-14-8-7-13(4)9-15(14)28-19(18)22-17(25)11-23(5)10-16(24)21-12(2)3/h12-13H,6-11H2,1-5H3,(H,21,24)(H,22,25)/p+1/t13-/m1/s1. The molecule has 1 aromatic rings. The molecule has 0 saturated carbocycles. The number of rotatable bonds is 8. The summed E-state index contributed by atoms with van der Waals surface area (Å²) in [5.74, 6) is -0.109. The molecule has 0 fully saturated rings. The molecule has 8 heteroatoms. The van der Waals surface area contributed by atoms with Gasteiger partial charge in [-0.2, -0.15) is 0 Å². The van der Waals surface area contributed by atoms with Crippen LogP contribution in [-0.2, 0) is 27.2 Å². The Labute approximate surface area is 170 Å². The van der Waals surface area contributed by atoms with Gasteiger partial charge >= 0.3 is 5.97 Å². The first-order chi connectivity index (χ1) is 13.2. The Kier molecular flexibility index (Phi) is 8.00. The van der Waals surface area contributed by atoms with Gasteiger partial charge in [-0.3, -0.25) is 9.59 Å². The van der Waals surface area contributed by atoms with Gasteiger partial charge in [-0.05, 0) is 51.5 Å². The predicted octanol–water partition coefficient (Wildman–Crippen LogP) is 1.03. The van der Waals surface area contributed by atoms with Crippen molar-refractivity contribution in [1.29, 1.82) is 0 Å². The normalized spacial score (nSPS) is 17.0. The van der Waals surface area contributed by atoms with Gasteiger partial charge in [0.15, 0.2) is 13.1 Å². The average Bonchev–Trinajstić information content (AvgIpc) is 2.90. The number of carbonyl (C=O) groups is 3. The number of hydrogen-bond acceptors (Lipinski definition) is 5. The zero-order chi connectivity index (χ0) is 20.8. The predicted molar refractivity (Wildman–Crippen MR) is 110 cm³/mol. The summed E-state index contributed by atoms with van der Waals surface area (Å²) >= 11 is 1.48. The van der Waals surface area contributed by atoms with E-state index in [-0.39, 0.29) is 36.9 Å². The lowest BCUT2D eigenvalue weighted by molar-refractivity contribution is -0.862. The summed E-state index contributed by atoms with van der Waals surface area (Å²) < 4.78 is 5.23. The van der Waals surface area contributed by atoms with Gasteiger partial charge in [0.05, 0.1) is 19.2 Å². The van der Waals surface area contributed by atoms with Crippen LogP contribution in [0.2, 0.25) is 0 Å². The number of ether oxygens (including phenoxy) is 1. The fourth-order valence-electron chi connectivity index (χ4n) is 3.41. The minimum Gasteiger partial charge on any atom is -0.462 e. The van der Waals surface area contributed by atoms with E-state index in [4.69, 9.17) is 4.74 Å². The van der Waals surface area contributed by atoms with Crippen LogP contribution in [0.15, 0.2) is 0 Å². The Balaban J connectivity index is 2.08. The van der Waals surface area contributed by atoms with E-state index in [1.54, 1.807) is 14.0 Å². The van der Waals surface area contributed by atoms with Crippen molar-refractivity contribution in [2.45, 2.75) is 53.0 Å². The molecule has 0 bridgehead atoms. The molecule has 0 saturated heterocycles. The van der Waals surface area contributed by atoms with Crippen molar-refractivity contribution in [2.75, 3.05) is 32.1 Å². The third-order valence-corrected chi connectivity index (χ3v) is 5.79. The highest BCUT2D eigenvalue weighted by atomic mass is 32.1. The zero-order valence-electron chi connectivity index (χ0n) is 17.4. The van der Waals surface area contributed by atoms with Crippen LogP contribution in [0, 0.1) is 5.92 Å². The topological polar surface area (TPSA) is 88.9 Å². The molecule has 1 aliphatic rings. The van der Waals surface area contributed by atoms with Crippen molar-refractivity contribution < 1.29 is 24.0 Å². The largest absolute Gasteiger partial charge is 0.462 e. The molecule has 2 amide bonds. The zero-order valence-corrected chi connectivity index (χ0v) is 18.3. The third kappa shape index (κ3) is 6.04. The number of quaternary nitrogens is 1. The van der Waals surface area contributed by atoms with E-state index < -0.39 is 0 Å². The van der Waals surface area contributed by atoms with E-state index >= 15 is 0 Å². The summed E-state index contributed by atoms with van der Waals surface area (Å²) in [6, 6.07) is 0.0705. The van der Waals surface area contributed by atoms with Crippen LogP contribution < -0.4 is 15.5 Å². The Morgan fingerprint density at radius 3 is 2.57 bits per heavy atom. The fourth-order valence-corrected chi connectivity index (χ4v) is 4.83. The number of likely N-dealkylation sites (N-methyl/N-ethyl adjacent to an activating group) is 1. The molecule has 0 aliphatic heterocycles. The quantitative estimate of drug-likeness (QED) is 0.559. The van der Waals surface area contributed by atoms with Crippen LogP contribution in [-0.4, -0.2) is 50.6 Å². The van der Waals surface area contributed by atoms with Crippen molar-refractivity contribution in [3.05, 3.63) is 16.0 Å². The Morgan fingerprint density at radius 2 is 1.93 bits per heavy atom. The van der Waals surface area contributed by atoms with Gasteiger partial charge in [0.1, 0.15) is 5.00 Å². The minimum absolute atomic E-state index is 0.0705. The van der Waals surface area contributed by atoms with Crippen LogP contribution in [0.4, 0.5) is 5.00 Å². The van der Waals surface area contributed by atoms with Crippen LogP contribution in [0.1, 0.15) is 54.9 Å². The number of esters is 1. The van der Waals surface area contributed by atoms with E-state index in [0.717, 1.165) is 34.6 Å². The molecule has 0 spiro atoms. The van der Waals surface area contributed by atoms with Crippen LogP contribution in [0.3, 0.4) is 0 Å². The smallest absolute Gasteiger partial charge is 0.341 e. The van der Waals surface area contributed by atoms with E-state index in [2.05, 4.69) is 17.6 Å². The van der Waals surface area contributed by atoms with Crippen molar-refractivity contribution in [3.8, 4) is 0 Å². The van der Waals surface area contributed by atoms with Gasteiger partial charge in [-0.15, -0.1) is 11.3 Å². The van der Waals surface area contributed by atoms with Gasteiger partial charge in [0, 0.05) is 10.9 Å². The summed E-state index contributed by atoms with van der Waals surface area (Å²) in [6.45, 7) is 8.43. The SMILES string of the molecule is CCOC(=O)c1c(NC(=O)C[NH+](C)CC(=O)NC(C)C)sc2c1CC[C@@H](C)C2. The van der Waals surface area contributed by atoms with Crippen molar-refractivity contribution in [2.24, 2.45) is 5.92 Å². The molecule has 0 radical (unpaired) electrons. The summed E-state index contributed by atoms with van der Waals surface area (Å²) in [5, 5.41) is 6.29. The molecule has 0 aromatic carbocycles. The molecule has 28 heavy (non-hydrogen) atoms. The first-order valence-electron chi connectivity index (χ1n) is 9.93. The van der Waals surface area contributed by atoms with Crippen LogP contribution in [0.25, 0.3) is 0 Å². The van der Waals surface area contributed by atoms with E-state index in [9.17, 15) is 14.4 Å². The van der Waals surface area contributed by atoms with Crippen molar-refractivity contribution in [1.82, 2.24) is 5.32 Å². The highest BCUT2D eigenvalue weighted by molar-refractivity contribution is 7.17. The van der Waals surface area contributed by atoms with Gasteiger partial charge in [0.2, 0.25) is 0 Å². The molecule has 2 atom stereocenters. The maximum Gasteiger partial charge on any atom is 0.341 e. The Bertz CT molecular complexity index is 729. The molecular formula is C20H32N3O4S+. The number of nitrogens with one attached hydrogen (secondary N) is 3. The van der Waals surface area contributed by atoms with Crippen molar-refractivity contribution in [3.63, 3.8) is 0 Å². The van der Waals surface area contributed by atoms with Crippen molar-refractivity contribution >= 4 is 34.1 Å². The molecule has 1 heterocycles. The molecule has 1 unspecified atom stereocenters. The van der Waals surface area contributed by atoms with E-state index in [1.165, 1.54) is 11.3 Å². The summed E-state index contributed by atoms with van der Waals surface area (Å²) in [4.78, 5) is 38.8. The maximum absolute atomic E-state index is 12.5. The lowest BCUT2D eigenvalue weighted by Gasteiger charge is -2.18. The summed E-state index contributed by atoms with van der Waals surface area (Å²) in [5.41, 5.74) is 1.53. The number of hydrogen-bond donors (Lipinski definition) is 3. The first kappa shape index (κ1) is 22.4. The molecule has 156 valence electrons. The molecule has 3 N–H and O–H groups in total. The second-order valence-electron chi connectivity index (χ2n) is 7.86. The highest BCUT2D eigenvalue weighted by Gasteiger charge is 2.29. The lowest BCUT2D eigenvalue weighted by Crippen LogP contribution is -3.11. The lowest BCUT2D eigenvalue weighted by atomic mass is 9.88. The Morgan fingerprint density at radius 1 is 1.25 bits per heavy atom. The Hall–Kier alpha value is -1.93. The number of amides is 2. The number of fused-ring (bicyclic) bond motifs is 1. The van der Waals surface area contributed by atoms with Gasteiger partial charge < -0.3 is 20.3 Å². The first-order valence-corrected chi connectivity index (χ1v) is 10.7. The van der Waals surface area contributed by atoms with Crippen LogP contribution >= 0.6 is 11.3 Å². The molecule has 1 aliphatic carbocycles. The van der Waals surface area contributed by atoms with Crippen LogP contribution in [0.5, 0.6) is 0 Å². The average molecular weight is 411 g/mol.